The summed E-state index contributed by atoms with van der Waals surface area (Å²) in [7, 11) is 0. The van der Waals surface area contributed by atoms with Gasteiger partial charge in [0.1, 0.15) is 5.82 Å². The van der Waals surface area contributed by atoms with Crippen molar-refractivity contribution in [3.8, 4) is 0 Å². The molecule has 3 nitrogen and oxygen atoms in total. The smallest absolute Gasteiger partial charge is 0.257 e. The van der Waals surface area contributed by atoms with Gasteiger partial charge in [-0.1, -0.05) is 31.4 Å². The lowest BCUT2D eigenvalue weighted by Gasteiger charge is -2.49. The Morgan fingerprint density at radius 1 is 1.20 bits per heavy atom. The molecule has 1 aliphatic carbocycles. The second-order valence-corrected chi connectivity index (χ2v) is 5.90. The average Bonchev–Trinajstić information content (AvgIpc) is 2.48. The predicted molar refractivity (Wildman–Crippen MR) is 76.1 cm³/mol. The molecule has 0 unspecified atom stereocenters. The normalized spacial score (nSPS) is 21.9. The number of carbonyl (C=O) groups excluding carboxylic acids is 1. The van der Waals surface area contributed by atoms with Crippen molar-refractivity contribution < 1.29 is 9.18 Å². The fraction of sp³-hybridized carbons (Fsp3) is 0.562. The molecule has 20 heavy (non-hydrogen) atoms. The Hall–Kier alpha value is -1.42. The van der Waals surface area contributed by atoms with Crippen LogP contribution < -0.4 is 5.32 Å². The highest BCUT2D eigenvalue weighted by Gasteiger charge is 2.42. The Morgan fingerprint density at radius 2 is 1.95 bits per heavy atom. The van der Waals surface area contributed by atoms with E-state index in [-0.39, 0.29) is 17.0 Å². The highest BCUT2D eigenvalue weighted by Crippen LogP contribution is 2.35. The van der Waals surface area contributed by atoms with Crippen molar-refractivity contribution in [2.45, 2.75) is 37.6 Å². The number of amides is 1. The van der Waals surface area contributed by atoms with Gasteiger partial charge in [-0.2, -0.15) is 0 Å². The second kappa shape index (κ2) is 5.52. The highest BCUT2D eigenvalue weighted by atomic mass is 19.1. The summed E-state index contributed by atoms with van der Waals surface area (Å²) in [6, 6.07) is 6.31. The molecule has 1 aromatic carbocycles. The third kappa shape index (κ3) is 2.33. The van der Waals surface area contributed by atoms with Gasteiger partial charge < -0.3 is 10.2 Å². The number of rotatable bonds is 1. The molecule has 1 aliphatic heterocycles. The average molecular weight is 276 g/mol. The van der Waals surface area contributed by atoms with Gasteiger partial charge in [0.25, 0.3) is 5.91 Å². The van der Waals surface area contributed by atoms with Gasteiger partial charge in [-0.15, -0.1) is 0 Å². The second-order valence-electron chi connectivity index (χ2n) is 5.90. The molecule has 1 amide bonds. The van der Waals surface area contributed by atoms with E-state index >= 15 is 0 Å². The van der Waals surface area contributed by atoms with E-state index in [0.717, 1.165) is 38.8 Å². The minimum Gasteiger partial charge on any atom is -0.330 e. The molecule has 1 spiro atoms. The van der Waals surface area contributed by atoms with Gasteiger partial charge in [-0.3, -0.25) is 4.79 Å². The van der Waals surface area contributed by atoms with E-state index in [9.17, 15) is 9.18 Å². The third-order valence-corrected chi connectivity index (χ3v) is 4.67. The first kappa shape index (κ1) is 13.6. The molecule has 2 aliphatic rings. The summed E-state index contributed by atoms with van der Waals surface area (Å²) in [6.45, 7) is 2.31. The molecule has 1 saturated carbocycles. The highest BCUT2D eigenvalue weighted by molar-refractivity contribution is 5.95. The van der Waals surface area contributed by atoms with Gasteiger partial charge >= 0.3 is 0 Å². The first-order chi connectivity index (χ1) is 9.73. The van der Waals surface area contributed by atoms with Gasteiger partial charge in [0.2, 0.25) is 0 Å². The Balaban J connectivity index is 1.90. The summed E-state index contributed by atoms with van der Waals surface area (Å²) < 4.78 is 13.9. The summed E-state index contributed by atoms with van der Waals surface area (Å²) in [5.41, 5.74) is 0.106. The van der Waals surface area contributed by atoms with Crippen LogP contribution in [0.25, 0.3) is 0 Å². The minimum atomic E-state index is -0.415. The molecule has 0 bridgehead atoms. The number of carbonyl (C=O) groups is 1. The van der Waals surface area contributed by atoms with Crippen LogP contribution in [0.1, 0.15) is 42.5 Å². The number of benzene rings is 1. The minimum absolute atomic E-state index is 0.101. The maximum atomic E-state index is 13.9. The number of hydrogen-bond acceptors (Lipinski definition) is 2. The van der Waals surface area contributed by atoms with Crippen molar-refractivity contribution in [2.75, 3.05) is 19.6 Å². The maximum absolute atomic E-state index is 13.9. The predicted octanol–water partition coefficient (Wildman–Crippen LogP) is 2.57. The Bertz CT molecular complexity index is 489. The molecule has 2 fully saturated rings. The summed E-state index contributed by atoms with van der Waals surface area (Å²) in [6.07, 6.45) is 5.61. The largest absolute Gasteiger partial charge is 0.330 e. The Labute approximate surface area is 119 Å². The van der Waals surface area contributed by atoms with E-state index < -0.39 is 5.82 Å². The van der Waals surface area contributed by atoms with Crippen LogP contribution in [-0.4, -0.2) is 36.0 Å². The van der Waals surface area contributed by atoms with Crippen molar-refractivity contribution in [2.24, 2.45) is 0 Å². The standard InChI is InChI=1S/C16H21FN2O/c17-14-7-3-2-6-13(14)15(20)19-11-10-18-12-16(19)8-4-1-5-9-16/h2-3,6-7,18H,1,4-5,8-12H2. The van der Waals surface area contributed by atoms with Crippen molar-refractivity contribution in [1.82, 2.24) is 10.2 Å². The van der Waals surface area contributed by atoms with Crippen LogP contribution in [0.2, 0.25) is 0 Å². The van der Waals surface area contributed by atoms with Crippen LogP contribution in [0.15, 0.2) is 24.3 Å². The Morgan fingerprint density at radius 3 is 2.70 bits per heavy atom. The van der Waals surface area contributed by atoms with Crippen LogP contribution in [0.4, 0.5) is 4.39 Å². The number of halogens is 1. The van der Waals surface area contributed by atoms with Gasteiger partial charge in [-0.05, 0) is 25.0 Å². The summed E-state index contributed by atoms with van der Waals surface area (Å²) in [4.78, 5) is 14.7. The number of piperazine rings is 1. The van der Waals surface area contributed by atoms with Crippen LogP contribution in [0, 0.1) is 5.82 Å². The first-order valence-corrected chi connectivity index (χ1v) is 7.50. The van der Waals surface area contributed by atoms with E-state index in [1.54, 1.807) is 18.2 Å². The SMILES string of the molecule is O=C(c1ccccc1F)N1CCNCC12CCCCC2. The molecular weight excluding hydrogens is 255 g/mol. The van der Waals surface area contributed by atoms with Crippen LogP contribution in [0.3, 0.4) is 0 Å². The van der Waals surface area contributed by atoms with Gasteiger partial charge in [0, 0.05) is 19.6 Å². The van der Waals surface area contributed by atoms with Gasteiger partial charge in [-0.25, -0.2) is 4.39 Å². The molecule has 3 rings (SSSR count). The zero-order chi connectivity index (χ0) is 14.0. The number of hydrogen-bond donors (Lipinski definition) is 1. The van der Waals surface area contributed by atoms with E-state index in [0.29, 0.717) is 6.54 Å². The molecule has 4 heteroatoms. The van der Waals surface area contributed by atoms with Gasteiger partial charge in [0.05, 0.1) is 11.1 Å². The summed E-state index contributed by atoms with van der Waals surface area (Å²) in [5, 5.41) is 3.41. The quantitative estimate of drug-likeness (QED) is 0.855. The Kier molecular flexibility index (Phi) is 3.74. The fourth-order valence-corrected chi connectivity index (χ4v) is 3.60. The lowest BCUT2D eigenvalue weighted by Crippen LogP contribution is -2.63. The summed E-state index contributed by atoms with van der Waals surface area (Å²) >= 11 is 0. The molecule has 0 radical (unpaired) electrons. The lowest BCUT2D eigenvalue weighted by atomic mass is 9.78. The number of nitrogens with zero attached hydrogens (tertiary/aromatic N) is 1. The van der Waals surface area contributed by atoms with Crippen LogP contribution in [0.5, 0.6) is 0 Å². The van der Waals surface area contributed by atoms with E-state index in [4.69, 9.17) is 0 Å². The molecule has 0 atom stereocenters. The third-order valence-electron chi connectivity index (χ3n) is 4.67. The van der Waals surface area contributed by atoms with E-state index in [2.05, 4.69) is 5.32 Å². The topological polar surface area (TPSA) is 32.3 Å². The molecule has 1 saturated heterocycles. The van der Waals surface area contributed by atoms with Crippen molar-refractivity contribution in [3.05, 3.63) is 35.6 Å². The molecule has 1 N–H and O–H groups in total. The first-order valence-electron chi connectivity index (χ1n) is 7.50. The van der Waals surface area contributed by atoms with Crippen molar-refractivity contribution in [3.63, 3.8) is 0 Å². The molecule has 108 valence electrons. The van der Waals surface area contributed by atoms with E-state index in [1.165, 1.54) is 12.5 Å². The van der Waals surface area contributed by atoms with Crippen LogP contribution >= 0.6 is 0 Å². The molecule has 1 heterocycles. The number of nitrogens with one attached hydrogen (secondary N) is 1. The van der Waals surface area contributed by atoms with Crippen molar-refractivity contribution in [1.29, 1.82) is 0 Å². The molecule has 1 aromatic rings. The van der Waals surface area contributed by atoms with Crippen LogP contribution in [-0.2, 0) is 0 Å². The zero-order valence-electron chi connectivity index (χ0n) is 11.7. The fourth-order valence-electron chi connectivity index (χ4n) is 3.60. The molecule has 0 aromatic heterocycles. The van der Waals surface area contributed by atoms with Gasteiger partial charge in [0.15, 0.2) is 0 Å². The summed E-state index contributed by atoms with van der Waals surface area (Å²) in [5.74, 6) is -0.562. The molecular formula is C16H21FN2O. The lowest BCUT2D eigenvalue weighted by molar-refractivity contribution is 0.0219. The maximum Gasteiger partial charge on any atom is 0.257 e. The van der Waals surface area contributed by atoms with Crippen molar-refractivity contribution >= 4 is 5.91 Å². The monoisotopic (exact) mass is 276 g/mol. The van der Waals surface area contributed by atoms with E-state index in [1.807, 2.05) is 4.90 Å². The zero-order valence-corrected chi connectivity index (χ0v) is 11.7.